The molecule has 1 aromatic heterocycles. The number of hydrogen-bond donors (Lipinski definition) is 2. The predicted octanol–water partition coefficient (Wildman–Crippen LogP) is 1.73. The Morgan fingerprint density at radius 2 is 2.36 bits per heavy atom. The van der Waals surface area contributed by atoms with Crippen LogP contribution in [0.15, 0.2) is 12.3 Å². The van der Waals surface area contributed by atoms with Crippen LogP contribution in [0.2, 0.25) is 5.15 Å². The molecular formula is C6H4ClN3O4. The molecule has 0 aliphatic rings. The van der Waals surface area contributed by atoms with Gasteiger partial charge in [0.05, 0.1) is 4.92 Å². The van der Waals surface area contributed by atoms with Crippen LogP contribution in [0.4, 0.5) is 16.2 Å². The molecular weight excluding hydrogens is 214 g/mol. The van der Waals surface area contributed by atoms with Gasteiger partial charge < -0.3 is 5.11 Å². The number of hydrogen-bond acceptors (Lipinski definition) is 4. The van der Waals surface area contributed by atoms with E-state index in [9.17, 15) is 14.9 Å². The van der Waals surface area contributed by atoms with Crippen LogP contribution < -0.4 is 5.32 Å². The molecule has 1 rings (SSSR count). The maximum Gasteiger partial charge on any atom is 0.409 e. The number of pyridine rings is 1. The van der Waals surface area contributed by atoms with Gasteiger partial charge in [0.2, 0.25) is 0 Å². The largest absolute Gasteiger partial charge is 0.465 e. The summed E-state index contributed by atoms with van der Waals surface area (Å²) in [5, 5.41) is 20.6. The molecule has 0 aliphatic heterocycles. The first-order valence-electron chi connectivity index (χ1n) is 3.30. The molecule has 0 bridgehead atoms. The van der Waals surface area contributed by atoms with Crippen molar-refractivity contribution in [3.8, 4) is 0 Å². The van der Waals surface area contributed by atoms with Crippen molar-refractivity contribution in [3.05, 3.63) is 27.5 Å². The zero-order valence-corrected chi connectivity index (χ0v) is 7.35. The number of amides is 1. The van der Waals surface area contributed by atoms with Crippen molar-refractivity contribution in [1.29, 1.82) is 0 Å². The van der Waals surface area contributed by atoms with E-state index in [0.717, 1.165) is 12.3 Å². The normalized spacial score (nSPS) is 9.50. The average molecular weight is 218 g/mol. The Hall–Kier alpha value is -1.89. The first kappa shape index (κ1) is 10.2. The Labute approximate surface area is 82.5 Å². The highest BCUT2D eigenvalue weighted by Crippen LogP contribution is 2.25. The van der Waals surface area contributed by atoms with Crippen LogP contribution >= 0.6 is 11.6 Å². The van der Waals surface area contributed by atoms with Crippen molar-refractivity contribution in [1.82, 2.24) is 4.98 Å². The highest BCUT2D eigenvalue weighted by molar-refractivity contribution is 6.29. The molecule has 1 heterocycles. The molecule has 1 amide bonds. The second-order valence-corrected chi connectivity index (χ2v) is 2.60. The van der Waals surface area contributed by atoms with Gasteiger partial charge in [-0.05, 0) is 0 Å². The summed E-state index contributed by atoms with van der Waals surface area (Å²) >= 11 is 5.44. The van der Waals surface area contributed by atoms with Gasteiger partial charge >= 0.3 is 11.8 Å². The van der Waals surface area contributed by atoms with Gasteiger partial charge in [0.1, 0.15) is 17.0 Å². The van der Waals surface area contributed by atoms with Gasteiger partial charge in [0, 0.05) is 6.07 Å². The van der Waals surface area contributed by atoms with E-state index in [1.165, 1.54) is 0 Å². The monoisotopic (exact) mass is 217 g/mol. The van der Waals surface area contributed by atoms with Gasteiger partial charge in [0.15, 0.2) is 0 Å². The molecule has 0 atom stereocenters. The number of nitrogens with zero attached hydrogens (tertiary/aromatic N) is 2. The fourth-order valence-electron chi connectivity index (χ4n) is 0.783. The van der Waals surface area contributed by atoms with Crippen molar-refractivity contribution in [2.45, 2.75) is 0 Å². The second kappa shape index (κ2) is 3.88. The van der Waals surface area contributed by atoms with Gasteiger partial charge in [-0.1, -0.05) is 11.6 Å². The summed E-state index contributed by atoms with van der Waals surface area (Å²) in [6.07, 6.45) is -0.525. The zero-order chi connectivity index (χ0) is 10.7. The third kappa shape index (κ3) is 2.30. The number of carboxylic acid groups (broad SMARTS) is 1. The number of nitro groups is 1. The molecule has 8 heteroatoms. The van der Waals surface area contributed by atoms with E-state index in [4.69, 9.17) is 16.7 Å². The number of rotatable bonds is 2. The van der Waals surface area contributed by atoms with E-state index in [1.54, 1.807) is 0 Å². The first-order chi connectivity index (χ1) is 6.50. The molecule has 0 saturated heterocycles. The highest BCUT2D eigenvalue weighted by Gasteiger charge is 2.16. The van der Waals surface area contributed by atoms with Crippen LogP contribution in [0, 0.1) is 10.1 Å². The average Bonchev–Trinajstić information content (AvgIpc) is 2.01. The van der Waals surface area contributed by atoms with Crippen LogP contribution in [-0.2, 0) is 0 Å². The molecule has 74 valence electrons. The Kier molecular flexibility index (Phi) is 2.82. The molecule has 7 nitrogen and oxygen atoms in total. The lowest BCUT2D eigenvalue weighted by molar-refractivity contribution is -0.384. The number of anilines is 1. The molecule has 1 aromatic rings. The van der Waals surface area contributed by atoms with Crippen molar-refractivity contribution in [2.24, 2.45) is 0 Å². The lowest BCUT2D eigenvalue weighted by atomic mass is 10.3. The summed E-state index contributed by atoms with van der Waals surface area (Å²) in [4.78, 5) is 23.4. The van der Waals surface area contributed by atoms with Crippen LogP contribution in [0.3, 0.4) is 0 Å². The predicted molar refractivity (Wildman–Crippen MR) is 47.5 cm³/mol. The lowest BCUT2D eigenvalue weighted by Gasteiger charge is -2.01. The minimum atomic E-state index is -1.41. The van der Waals surface area contributed by atoms with Crippen molar-refractivity contribution < 1.29 is 14.8 Å². The number of halogens is 1. The molecule has 0 spiro atoms. The standard InChI is InChI=1S/C6H4ClN3O4/c7-5-1-3(9-6(11)12)4(2-8-5)10(13)14/h1-2H,(H,8,9)(H,11,12). The lowest BCUT2D eigenvalue weighted by Crippen LogP contribution is -2.09. The van der Waals surface area contributed by atoms with Crippen LogP contribution in [0.25, 0.3) is 0 Å². The smallest absolute Gasteiger partial charge is 0.409 e. The van der Waals surface area contributed by atoms with Gasteiger partial charge in [-0.15, -0.1) is 0 Å². The summed E-state index contributed by atoms with van der Waals surface area (Å²) in [6.45, 7) is 0. The number of carbonyl (C=O) groups is 1. The molecule has 0 unspecified atom stereocenters. The Morgan fingerprint density at radius 3 is 2.86 bits per heavy atom. The van der Waals surface area contributed by atoms with Crippen LogP contribution in [0.5, 0.6) is 0 Å². The fraction of sp³-hybridized carbons (Fsp3) is 0. The minimum absolute atomic E-state index is 0.0284. The van der Waals surface area contributed by atoms with E-state index in [1.807, 2.05) is 5.32 Å². The molecule has 0 aliphatic carbocycles. The maximum absolute atomic E-state index is 10.4. The van der Waals surface area contributed by atoms with E-state index in [0.29, 0.717) is 0 Å². The quantitative estimate of drug-likeness (QED) is 0.446. The van der Waals surface area contributed by atoms with E-state index in [-0.39, 0.29) is 10.8 Å². The molecule has 0 aromatic carbocycles. The summed E-state index contributed by atoms with van der Waals surface area (Å²) < 4.78 is 0. The van der Waals surface area contributed by atoms with Crippen molar-refractivity contribution in [3.63, 3.8) is 0 Å². The molecule has 0 radical (unpaired) electrons. The van der Waals surface area contributed by atoms with Crippen molar-refractivity contribution in [2.75, 3.05) is 5.32 Å². The third-order valence-electron chi connectivity index (χ3n) is 1.29. The van der Waals surface area contributed by atoms with Gasteiger partial charge in [-0.2, -0.15) is 0 Å². The number of nitrogens with one attached hydrogen (secondary N) is 1. The summed E-state index contributed by atoms with van der Waals surface area (Å²) in [7, 11) is 0. The van der Waals surface area contributed by atoms with E-state index in [2.05, 4.69) is 4.98 Å². The zero-order valence-electron chi connectivity index (χ0n) is 6.60. The SMILES string of the molecule is O=C(O)Nc1cc(Cl)ncc1[N+](=O)[O-]. The highest BCUT2D eigenvalue weighted by atomic mass is 35.5. The summed E-state index contributed by atoms with van der Waals surface area (Å²) in [6, 6.07) is 1.06. The third-order valence-corrected chi connectivity index (χ3v) is 1.49. The van der Waals surface area contributed by atoms with Gasteiger partial charge in [-0.25, -0.2) is 9.78 Å². The van der Waals surface area contributed by atoms with E-state index >= 15 is 0 Å². The van der Waals surface area contributed by atoms with Gasteiger partial charge in [-0.3, -0.25) is 15.4 Å². The van der Waals surface area contributed by atoms with Crippen molar-refractivity contribution >= 4 is 29.1 Å². The topological polar surface area (TPSA) is 105 Å². The maximum atomic E-state index is 10.4. The molecule has 14 heavy (non-hydrogen) atoms. The Bertz CT molecular complexity index is 395. The molecule has 0 fully saturated rings. The summed E-state index contributed by atoms with van der Waals surface area (Å²) in [5.74, 6) is 0. The van der Waals surface area contributed by atoms with Crippen LogP contribution in [-0.4, -0.2) is 21.1 Å². The number of aromatic nitrogens is 1. The van der Waals surface area contributed by atoms with E-state index < -0.39 is 16.7 Å². The fourth-order valence-corrected chi connectivity index (χ4v) is 0.941. The van der Waals surface area contributed by atoms with Crippen LogP contribution in [0.1, 0.15) is 0 Å². The Morgan fingerprint density at radius 1 is 1.71 bits per heavy atom. The summed E-state index contributed by atoms with van der Waals surface area (Å²) in [5.41, 5.74) is -0.653. The molecule has 2 N–H and O–H groups in total. The second-order valence-electron chi connectivity index (χ2n) is 2.21. The van der Waals surface area contributed by atoms with Gasteiger partial charge in [0.25, 0.3) is 0 Å². The Balaban J connectivity index is 3.15. The molecule has 0 saturated carbocycles. The first-order valence-corrected chi connectivity index (χ1v) is 3.68. The minimum Gasteiger partial charge on any atom is -0.465 e.